The first-order valence-corrected chi connectivity index (χ1v) is 8.04. The van der Waals surface area contributed by atoms with Gasteiger partial charge in [-0.1, -0.05) is 16.8 Å². The van der Waals surface area contributed by atoms with Gasteiger partial charge in [-0.3, -0.25) is 4.68 Å². The maximum atomic E-state index is 12.3. The van der Waals surface area contributed by atoms with Crippen LogP contribution in [0.15, 0.2) is 29.4 Å². The van der Waals surface area contributed by atoms with E-state index in [-0.39, 0.29) is 23.1 Å². The van der Waals surface area contributed by atoms with Crippen LogP contribution in [0.1, 0.15) is 11.1 Å². The molecule has 0 atom stereocenters. The zero-order valence-corrected chi connectivity index (χ0v) is 12.9. The van der Waals surface area contributed by atoms with Crippen LogP contribution < -0.4 is 4.72 Å². The molecule has 1 heterocycles. The molecule has 0 aliphatic heterocycles. The second kappa shape index (κ2) is 6.52. The van der Waals surface area contributed by atoms with E-state index in [1.54, 1.807) is 19.2 Å². The van der Waals surface area contributed by atoms with Gasteiger partial charge in [0.25, 0.3) is 0 Å². The molecule has 7 nitrogen and oxygen atoms in total. The SMILES string of the molecule is Cc1c(CO)cc(Cl)cc1S(=O)(=O)NCCn1ccnn1. The summed E-state index contributed by atoms with van der Waals surface area (Å²) in [4.78, 5) is 0.0673. The van der Waals surface area contributed by atoms with E-state index in [1.165, 1.54) is 16.9 Å². The quantitative estimate of drug-likeness (QED) is 0.813. The van der Waals surface area contributed by atoms with Crippen LogP contribution in [0.25, 0.3) is 0 Å². The van der Waals surface area contributed by atoms with Gasteiger partial charge in [0.15, 0.2) is 0 Å². The highest BCUT2D eigenvalue weighted by Gasteiger charge is 2.19. The van der Waals surface area contributed by atoms with Gasteiger partial charge >= 0.3 is 0 Å². The number of sulfonamides is 1. The third-order valence-electron chi connectivity index (χ3n) is 3.00. The lowest BCUT2D eigenvalue weighted by Gasteiger charge is -2.12. The van der Waals surface area contributed by atoms with E-state index in [0.29, 0.717) is 17.7 Å². The minimum Gasteiger partial charge on any atom is -0.392 e. The molecule has 1 aromatic carbocycles. The summed E-state index contributed by atoms with van der Waals surface area (Å²) in [5.41, 5.74) is 0.967. The molecular formula is C12H15ClN4O3S. The maximum Gasteiger partial charge on any atom is 0.240 e. The van der Waals surface area contributed by atoms with Crippen LogP contribution in [0.5, 0.6) is 0 Å². The van der Waals surface area contributed by atoms with E-state index in [9.17, 15) is 13.5 Å². The molecule has 21 heavy (non-hydrogen) atoms. The van der Waals surface area contributed by atoms with Gasteiger partial charge in [0.2, 0.25) is 10.0 Å². The molecule has 0 aliphatic rings. The number of nitrogens with zero attached hydrogens (tertiary/aromatic N) is 3. The standard InChI is InChI=1S/C12H15ClN4O3S/c1-9-10(8-18)6-11(13)7-12(9)21(19,20)15-3-5-17-4-2-14-16-17/h2,4,6-7,15,18H,3,5,8H2,1H3. The summed E-state index contributed by atoms with van der Waals surface area (Å²) in [6.45, 7) is 1.90. The first-order chi connectivity index (χ1) is 9.94. The molecule has 0 radical (unpaired) electrons. The average Bonchev–Trinajstić information content (AvgIpc) is 2.93. The minimum absolute atomic E-state index is 0.0673. The Morgan fingerprint density at radius 1 is 1.43 bits per heavy atom. The molecule has 0 saturated carbocycles. The van der Waals surface area contributed by atoms with Gasteiger partial charge in [0.1, 0.15) is 0 Å². The van der Waals surface area contributed by atoms with Crippen LogP contribution in [-0.2, 0) is 23.2 Å². The zero-order valence-electron chi connectivity index (χ0n) is 11.3. The van der Waals surface area contributed by atoms with Crippen LogP contribution in [0.2, 0.25) is 5.02 Å². The summed E-state index contributed by atoms with van der Waals surface area (Å²) in [5, 5.41) is 16.9. The van der Waals surface area contributed by atoms with Crippen molar-refractivity contribution < 1.29 is 13.5 Å². The Morgan fingerprint density at radius 2 is 2.19 bits per heavy atom. The molecule has 114 valence electrons. The van der Waals surface area contributed by atoms with E-state index in [4.69, 9.17) is 11.6 Å². The molecule has 1 aromatic heterocycles. The number of halogens is 1. The molecule has 2 aromatic rings. The fourth-order valence-electron chi connectivity index (χ4n) is 1.88. The topological polar surface area (TPSA) is 97.1 Å². The molecule has 0 bridgehead atoms. The van der Waals surface area contributed by atoms with E-state index in [2.05, 4.69) is 15.0 Å². The van der Waals surface area contributed by atoms with Crippen molar-refractivity contribution in [3.63, 3.8) is 0 Å². The Kier molecular flexibility index (Phi) is 4.94. The maximum absolute atomic E-state index is 12.3. The summed E-state index contributed by atoms with van der Waals surface area (Å²) < 4.78 is 28.6. The smallest absolute Gasteiger partial charge is 0.240 e. The summed E-state index contributed by atoms with van der Waals surface area (Å²) in [6, 6.07) is 2.92. The first kappa shape index (κ1) is 15.9. The lowest BCUT2D eigenvalue weighted by molar-refractivity contribution is 0.280. The van der Waals surface area contributed by atoms with Crippen molar-refractivity contribution in [1.29, 1.82) is 0 Å². The summed E-state index contributed by atoms with van der Waals surface area (Å²) in [5.74, 6) is 0. The van der Waals surface area contributed by atoms with Crippen molar-refractivity contribution in [2.45, 2.75) is 25.0 Å². The van der Waals surface area contributed by atoms with Crippen LogP contribution in [0.4, 0.5) is 0 Å². The molecule has 0 saturated heterocycles. The fourth-order valence-corrected chi connectivity index (χ4v) is 3.51. The van der Waals surface area contributed by atoms with Crippen LogP contribution >= 0.6 is 11.6 Å². The van der Waals surface area contributed by atoms with Gasteiger partial charge in [-0.15, -0.1) is 5.10 Å². The number of aliphatic hydroxyl groups excluding tert-OH is 1. The number of nitrogens with one attached hydrogen (secondary N) is 1. The number of hydrogen-bond donors (Lipinski definition) is 2. The first-order valence-electron chi connectivity index (χ1n) is 6.17. The molecule has 0 aliphatic carbocycles. The van der Waals surface area contributed by atoms with Crippen molar-refractivity contribution in [2.24, 2.45) is 0 Å². The molecule has 2 N–H and O–H groups in total. The second-order valence-corrected chi connectivity index (χ2v) is 6.58. The van der Waals surface area contributed by atoms with Gasteiger partial charge in [0.05, 0.1) is 24.2 Å². The molecular weight excluding hydrogens is 316 g/mol. The van der Waals surface area contributed by atoms with Gasteiger partial charge in [-0.05, 0) is 30.2 Å². The van der Waals surface area contributed by atoms with E-state index in [1.807, 2.05) is 0 Å². The van der Waals surface area contributed by atoms with Gasteiger partial charge in [-0.25, -0.2) is 13.1 Å². The Balaban J connectivity index is 2.17. The molecule has 0 spiro atoms. The molecule has 0 fully saturated rings. The van der Waals surface area contributed by atoms with Crippen molar-refractivity contribution in [3.8, 4) is 0 Å². The van der Waals surface area contributed by atoms with E-state index < -0.39 is 10.0 Å². The van der Waals surface area contributed by atoms with Gasteiger partial charge in [-0.2, -0.15) is 0 Å². The van der Waals surface area contributed by atoms with Gasteiger partial charge < -0.3 is 5.11 Å². The number of aliphatic hydroxyl groups is 1. The summed E-state index contributed by atoms with van der Waals surface area (Å²) in [6.07, 6.45) is 3.16. The number of rotatable bonds is 6. The lowest BCUT2D eigenvalue weighted by Crippen LogP contribution is -2.28. The van der Waals surface area contributed by atoms with Crippen molar-refractivity contribution >= 4 is 21.6 Å². The number of benzene rings is 1. The van der Waals surface area contributed by atoms with E-state index >= 15 is 0 Å². The third-order valence-corrected chi connectivity index (χ3v) is 4.80. The zero-order chi connectivity index (χ0) is 15.5. The summed E-state index contributed by atoms with van der Waals surface area (Å²) in [7, 11) is -3.71. The van der Waals surface area contributed by atoms with Crippen LogP contribution in [-0.4, -0.2) is 35.1 Å². The normalized spacial score (nSPS) is 11.8. The van der Waals surface area contributed by atoms with Crippen molar-refractivity contribution in [3.05, 3.63) is 40.7 Å². The van der Waals surface area contributed by atoms with Crippen molar-refractivity contribution in [2.75, 3.05) is 6.54 Å². The molecule has 0 amide bonds. The van der Waals surface area contributed by atoms with Crippen molar-refractivity contribution in [1.82, 2.24) is 19.7 Å². The number of aromatic nitrogens is 3. The predicted molar refractivity (Wildman–Crippen MR) is 77.3 cm³/mol. The molecule has 2 rings (SSSR count). The fraction of sp³-hybridized carbons (Fsp3) is 0.333. The Morgan fingerprint density at radius 3 is 2.81 bits per heavy atom. The Bertz CT molecular complexity index is 716. The third kappa shape index (κ3) is 3.79. The monoisotopic (exact) mass is 330 g/mol. The van der Waals surface area contributed by atoms with Crippen LogP contribution in [0, 0.1) is 6.92 Å². The highest BCUT2D eigenvalue weighted by Crippen LogP contribution is 2.24. The largest absolute Gasteiger partial charge is 0.392 e. The average molecular weight is 331 g/mol. The minimum atomic E-state index is -3.71. The van der Waals surface area contributed by atoms with Crippen LogP contribution in [0.3, 0.4) is 0 Å². The highest BCUT2D eigenvalue weighted by molar-refractivity contribution is 7.89. The second-order valence-electron chi connectivity index (χ2n) is 4.41. The predicted octanol–water partition coefficient (Wildman–Crippen LogP) is 0.711. The van der Waals surface area contributed by atoms with E-state index in [0.717, 1.165) is 0 Å². The summed E-state index contributed by atoms with van der Waals surface area (Å²) >= 11 is 5.90. The lowest BCUT2D eigenvalue weighted by atomic mass is 10.1. The molecule has 0 unspecified atom stereocenters. The Hall–Kier alpha value is -1.48. The Labute approximate surface area is 127 Å². The number of hydrogen-bond acceptors (Lipinski definition) is 5. The highest BCUT2D eigenvalue weighted by atomic mass is 35.5. The van der Waals surface area contributed by atoms with Gasteiger partial charge in [0, 0.05) is 17.8 Å². The molecule has 9 heteroatoms.